The molecule has 2 unspecified atom stereocenters. The maximum absolute atomic E-state index is 12.5. The van der Waals surface area contributed by atoms with Gasteiger partial charge in [-0.25, -0.2) is 4.79 Å². The molecule has 0 bridgehead atoms. The lowest BCUT2D eigenvalue weighted by atomic mass is 9.98. The van der Waals surface area contributed by atoms with E-state index < -0.39 is 24.2 Å². The van der Waals surface area contributed by atoms with Gasteiger partial charge in [0.25, 0.3) is 0 Å². The van der Waals surface area contributed by atoms with Crippen LogP contribution in [0.15, 0.2) is 48.5 Å². The Balaban J connectivity index is 1.23. The standard InChI is InChI=1S/C27H32N2O6/c1-2-7-17(14-25(30)31)29-26(32)24-13-12-18(35-24)15-28-27(33)34-16-23-21-10-5-3-8-19(21)20-9-4-6-11-22(20)23/h3-6,8-11,17-18,23-24H,2,7,12-16H2,1H3,(H,28,33)(H,29,32)(H,30,31)/t17-,18?,24?/m0/s1. The largest absolute Gasteiger partial charge is 0.481 e. The van der Waals surface area contributed by atoms with Crippen LogP contribution in [0.2, 0.25) is 0 Å². The molecule has 3 N–H and O–H groups in total. The molecule has 1 heterocycles. The molecular weight excluding hydrogens is 448 g/mol. The molecule has 35 heavy (non-hydrogen) atoms. The van der Waals surface area contributed by atoms with Gasteiger partial charge in [0, 0.05) is 18.5 Å². The number of carboxylic acid groups (broad SMARTS) is 1. The van der Waals surface area contributed by atoms with Crippen molar-refractivity contribution in [2.24, 2.45) is 0 Å². The first-order valence-electron chi connectivity index (χ1n) is 12.2. The summed E-state index contributed by atoms with van der Waals surface area (Å²) in [6.45, 7) is 2.42. The first kappa shape index (κ1) is 24.7. The van der Waals surface area contributed by atoms with Gasteiger partial charge in [0.15, 0.2) is 0 Å². The number of nitrogens with one attached hydrogen (secondary N) is 2. The molecule has 1 aliphatic heterocycles. The lowest BCUT2D eigenvalue weighted by molar-refractivity contribution is -0.138. The number of carboxylic acids is 1. The number of benzene rings is 2. The van der Waals surface area contributed by atoms with Crippen molar-refractivity contribution in [2.45, 2.75) is 63.2 Å². The van der Waals surface area contributed by atoms with Crippen molar-refractivity contribution in [3.05, 3.63) is 59.7 Å². The van der Waals surface area contributed by atoms with Crippen LogP contribution < -0.4 is 10.6 Å². The van der Waals surface area contributed by atoms with Crippen molar-refractivity contribution >= 4 is 18.0 Å². The first-order chi connectivity index (χ1) is 17.0. The summed E-state index contributed by atoms with van der Waals surface area (Å²) in [5.74, 6) is -1.25. The van der Waals surface area contributed by atoms with Crippen molar-refractivity contribution in [1.29, 1.82) is 0 Å². The van der Waals surface area contributed by atoms with Gasteiger partial charge in [0.1, 0.15) is 12.7 Å². The van der Waals surface area contributed by atoms with Crippen LogP contribution in [0.3, 0.4) is 0 Å². The topological polar surface area (TPSA) is 114 Å². The number of aliphatic carboxylic acids is 1. The summed E-state index contributed by atoms with van der Waals surface area (Å²) < 4.78 is 11.3. The fourth-order valence-electron chi connectivity index (χ4n) is 4.97. The summed E-state index contributed by atoms with van der Waals surface area (Å²) in [7, 11) is 0. The molecule has 0 aromatic heterocycles. The van der Waals surface area contributed by atoms with Crippen molar-refractivity contribution in [1.82, 2.24) is 10.6 Å². The quantitative estimate of drug-likeness (QED) is 0.476. The highest BCUT2D eigenvalue weighted by Gasteiger charge is 2.33. The van der Waals surface area contributed by atoms with Gasteiger partial charge in [-0.3, -0.25) is 9.59 Å². The van der Waals surface area contributed by atoms with E-state index in [0.717, 1.165) is 17.5 Å². The Kier molecular flexibility index (Phi) is 8.02. The SMILES string of the molecule is CCC[C@@H](CC(=O)O)NC(=O)C1CCC(CNC(=O)OCC2c3ccccc3-c3ccccc32)O1. The average molecular weight is 481 g/mol. The molecule has 2 aromatic carbocycles. The molecule has 3 atom stereocenters. The van der Waals surface area contributed by atoms with Crippen LogP contribution in [0.5, 0.6) is 0 Å². The van der Waals surface area contributed by atoms with E-state index in [1.165, 1.54) is 11.1 Å². The average Bonchev–Trinajstić information content (AvgIpc) is 3.44. The van der Waals surface area contributed by atoms with Crippen LogP contribution in [-0.4, -0.2) is 54.5 Å². The van der Waals surface area contributed by atoms with Crippen LogP contribution in [0.1, 0.15) is 56.1 Å². The summed E-state index contributed by atoms with van der Waals surface area (Å²) in [4.78, 5) is 35.9. The van der Waals surface area contributed by atoms with Crippen molar-refractivity contribution in [3.63, 3.8) is 0 Å². The third kappa shape index (κ3) is 6.00. The summed E-state index contributed by atoms with van der Waals surface area (Å²) in [5, 5.41) is 14.6. The van der Waals surface area contributed by atoms with Gasteiger partial charge >= 0.3 is 12.1 Å². The van der Waals surface area contributed by atoms with E-state index in [9.17, 15) is 14.4 Å². The second-order valence-electron chi connectivity index (χ2n) is 9.12. The lowest BCUT2D eigenvalue weighted by Crippen LogP contribution is -2.43. The van der Waals surface area contributed by atoms with Gasteiger partial charge in [-0.1, -0.05) is 61.9 Å². The van der Waals surface area contributed by atoms with Crippen LogP contribution >= 0.6 is 0 Å². The predicted octanol–water partition coefficient (Wildman–Crippen LogP) is 3.83. The van der Waals surface area contributed by atoms with Crippen molar-refractivity contribution < 1.29 is 29.0 Å². The molecule has 0 radical (unpaired) electrons. The Labute approximate surface area is 205 Å². The monoisotopic (exact) mass is 480 g/mol. The van der Waals surface area contributed by atoms with E-state index in [2.05, 4.69) is 34.9 Å². The molecule has 4 rings (SSSR count). The van der Waals surface area contributed by atoms with Crippen LogP contribution in [0, 0.1) is 0 Å². The molecule has 1 aliphatic carbocycles. The number of fused-ring (bicyclic) bond motifs is 3. The number of carbonyl (C=O) groups excluding carboxylic acids is 2. The summed E-state index contributed by atoms with van der Waals surface area (Å²) in [6, 6.07) is 15.9. The maximum Gasteiger partial charge on any atom is 0.407 e. The molecule has 8 heteroatoms. The Bertz CT molecular complexity index is 1030. The normalized spacial score (nSPS) is 19.5. The summed E-state index contributed by atoms with van der Waals surface area (Å²) in [6.07, 6.45) is 0.946. The minimum atomic E-state index is -0.943. The van der Waals surface area contributed by atoms with Crippen molar-refractivity contribution in [2.75, 3.05) is 13.2 Å². The van der Waals surface area contributed by atoms with Gasteiger partial charge in [-0.2, -0.15) is 0 Å². The summed E-state index contributed by atoms with van der Waals surface area (Å²) >= 11 is 0. The summed E-state index contributed by atoms with van der Waals surface area (Å²) in [5.41, 5.74) is 4.65. The molecule has 0 saturated carbocycles. The highest BCUT2D eigenvalue weighted by Crippen LogP contribution is 2.44. The molecule has 186 valence electrons. The molecule has 2 amide bonds. The number of hydrogen-bond acceptors (Lipinski definition) is 5. The lowest BCUT2D eigenvalue weighted by Gasteiger charge is -2.19. The molecule has 8 nitrogen and oxygen atoms in total. The van der Waals surface area contributed by atoms with E-state index in [1.807, 2.05) is 31.2 Å². The zero-order valence-electron chi connectivity index (χ0n) is 19.9. The van der Waals surface area contributed by atoms with Gasteiger partial charge in [0.05, 0.1) is 12.5 Å². The first-order valence-corrected chi connectivity index (χ1v) is 12.2. The minimum Gasteiger partial charge on any atom is -0.481 e. The van der Waals surface area contributed by atoms with Crippen LogP contribution in [-0.2, 0) is 19.1 Å². The van der Waals surface area contributed by atoms with E-state index in [0.29, 0.717) is 19.3 Å². The van der Waals surface area contributed by atoms with Crippen LogP contribution in [0.4, 0.5) is 4.79 Å². The maximum atomic E-state index is 12.5. The number of rotatable bonds is 10. The highest BCUT2D eigenvalue weighted by atomic mass is 16.5. The van der Waals surface area contributed by atoms with Gasteiger partial charge in [-0.15, -0.1) is 0 Å². The molecule has 2 aliphatic rings. The molecule has 1 fully saturated rings. The van der Waals surface area contributed by atoms with Crippen LogP contribution in [0.25, 0.3) is 11.1 Å². The number of ether oxygens (including phenoxy) is 2. The number of carbonyl (C=O) groups is 3. The second kappa shape index (κ2) is 11.4. The zero-order chi connectivity index (χ0) is 24.8. The van der Waals surface area contributed by atoms with Crippen molar-refractivity contribution in [3.8, 4) is 11.1 Å². The Hall–Kier alpha value is -3.39. The molecule has 1 saturated heterocycles. The predicted molar refractivity (Wildman–Crippen MR) is 130 cm³/mol. The molecular formula is C27H32N2O6. The van der Waals surface area contributed by atoms with E-state index >= 15 is 0 Å². The van der Waals surface area contributed by atoms with Gasteiger partial charge in [0.2, 0.25) is 5.91 Å². The second-order valence-corrected chi connectivity index (χ2v) is 9.12. The fraction of sp³-hybridized carbons (Fsp3) is 0.444. The third-order valence-electron chi connectivity index (χ3n) is 6.62. The zero-order valence-corrected chi connectivity index (χ0v) is 19.9. The molecule has 0 spiro atoms. The smallest absolute Gasteiger partial charge is 0.407 e. The Morgan fingerprint density at radius 1 is 1.06 bits per heavy atom. The minimum absolute atomic E-state index is 0.00849. The van der Waals surface area contributed by atoms with Gasteiger partial charge < -0.3 is 25.2 Å². The van der Waals surface area contributed by atoms with Gasteiger partial charge in [-0.05, 0) is 41.5 Å². The molecule has 2 aromatic rings. The van der Waals surface area contributed by atoms with E-state index in [1.54, 1.807) is 0 Å². The third-order valence-corrected chi connectivity index (χ3v) is 6.62. The number of alkyl carbamates (subject to hydrolysis) is 1. The Morgan fingerprint density at radius 3 is 2.34 bits per heavy atom. The van der Waals surface area contributed by atoms with E-state index in [-0.39, 0.29) is 37.5 Å². The number of hydrogen-bond donors (Lipinski definition) is 3. The fourth-order valence-corrected chi connectivity index (χ4v) is 4.97. The Morgan fingerprint density at radius 2 is 1.71 bits per heavy atom. The highest BCUT2D eigenvalue weighted by molar-refractivity contribution is 5.82. The number of amides is 2. The van der Waals surface area contributed by atoms with E-state index in [4.69, 9.17) is 14.6 Å².